The number of carbonyl (C=O) groups is 2. The SMILES string of the molecule is NCCCCC(N)C(=O)OC[C@H](O)[C@H]1OC(=O)C(O)=C1O. The summed E-state index contributed by atoms with van der Waals surface area (Å²) >= 11 is 0. The lowest BCUT2D eigenvalue weighted by Crippen LogP contribution is -2.38. The van der Waals surface area contributed by atoms with Crippen LogP contribution >= 0.6 is 0 Å². The number of esters is 2. The standard InChI is InChI=1S/C12H20N2O7/c13-4-2-1-3-6(14)11(18)20-5-7(15)10-8(16)9(17)12(19)21-10/h6-7,10,15-17H,1-5,13-14H2/t6?,7-,10+/m0/s1. The molecule has 21 heavy (non-hydrogen) atoms. The highest BCUT2D eigenvalue weighted by atomic mass is 16.6. The van der Waals surface area contributed by atoms with E-state index in [0.717, 1.165) is 6.42 Å². The molecular weight excluding hydrogens is 284 g/mol. The molecule has 0 amide bonds. The average molecular weight is 304 g/mol. The van der Waals surface area contributed by atoms with Crippen molar-refractivity contribution in [3.05, 3.63) is 11.5 Å². The molecular formula is C12H20N2O7. The molecule has 9 nitrogen and oxygen atoms in total. The Labute approximate surface area is 121 Å². The van der Waals surface area contributed by atoms with Gasteiger partial charge in [0.1, 0.15) is 18.8 Å². The molecule has 0 aliphatic carbocycles. The van der Waals surface area contributed by atoms with Gasteiger partial charge < -0.3 is 36.3 Å². The quantitative estimate of drug-likeness (QED) is 0.268. The van der Waals surface area contributed by atoms with Crippen LogP contribution in [0.1, 0.15) is 19.3 Å². The summed E-state index contributed by atoms with van der Waals surface area (Å²) in [6.07, 6.45) is -1.15. The van der Waals surface area contributed by atoms with Gasteiger partial charge in [-0.3, -0.25) is 4.79 Å². The molecule has 120 valence electrons. The number of rotatable bonds is 8. The van der Waals surface area contributed by atoms with E-state index in [-0.39, 0.29) is 0 Å². The van der Waals surface area contributed by atoms with Crippen molar-refractivity contribution in [3.63, 3.8) is 0 Å². The number of aliphatic hydroxyl groups excluding tert-OH is 3. The van der Waals surface area contributed by atoms with Crippen molar-refractivity contribution in [3.8, 4) is 0 Å². The van der Waals surface area contributed by atoms with Crippen LogP contribution in [0.2, 0.25) is 0 Å². The van der Waals surface area contributed by atoms with Crippen molar-refractivity contribution < 1.29 is 34.4 Å². The van der Waals surface area contributed by atoms with Gasteiger partial charge in [-0.25, -0.2) is 4.79 Å². The molecule has 1 aliphatic heterocycles. The Morgan fingerprint density at radius 3 is 2.57 bits per heavy atom. The zero-order chi connectivity index (χ0) is 16.0. The molecule has 0 aromatic heterocycles. The van der Waals surface area contributed by atoms with Crippen molar-refractivity contribution in [2.75, 3.05) is 13.2 Å². The van der Waals surface area contributed by atoms with Crippen LogP contribution in [-0.4, -0.2) is 58.7 Å². The zero-order valence-corrected chi connectivity index (χ0v) is 11.4. The molecule has 7 N–H and O–H groups in total. The van der Waals surface area contributed by atoms with Crippen LogP contribution in [0.3, 0.4) is 0 Å². The van der Waals surface area contributed by atoms with Gasteiger partial charge in [0.15, 0.2) is 11.9 Å². The molecule has 1 heterocycles. The van der Waals surface area contributed by atoms with Gasteiger partial charge in [-0.2, -0.15) is 0 Å². The van der Waals surface area contributed by atoms with Gasteiger partial charge in [0.25, 0.3) is 0 Å². The van der Waals surface area contributed by atoms with Gasteiger partial charge >= 0.3 is 11.9 Å². The van der Waals surface area contributed by atoms with E-state index in [9.17, 15) is 19.8 Å². The lowest BCUT2D eigenvalue weighted by molar-refractivity contribution is -0.155. The van der Waals surface area contributed by atoms with Crippen LogP contribution in [-0.2, 0) is 19.1 Å². The fourth-order valence-corrected chi connectivity index (χ4v) is 1.72. The smallest absolute Gasteiger partial charge is 0.377 e. The molecule has 0 aromatic carbocycles. The Bertz CT molecular complexity index is 424. The van der Waals surface area contributed by atoms with Gasteiger partial charge in [0.05, 0.1) is 0 Å². The predicted octanol–water partition coefficient (Wildman–Crippen LogP) is -1.40. The molecule has 0 radical (unpaired) electrons. The molecule has 0 fully saturated rings. The summed E-state index contributed by atoms with van der Waals surface area (Å²) < 4.78 is 9.30. The highest BCUT2D eigenvalue weighted by Crippen LogP contribution is 2.21. The van der Waals surface area contributed by atoms with Crippen molar-refractivity contribution in [2.24, 2.45) is 11.5 Å². The minimum atomic E-state index is -1.50. The second-order valence-electron chi connectivity index (χ2n) is 4.65. The Balaban J connectivity index is 2.38. The second-order valence-corrected chi connectivity index (χ2v) is 4.65. The van der Waals surface area contributed by atoms with Crippen molar-refractivity contribution in [2.45, 2.75) is 37.5 Å². The Kier molecular flexibility index (Phi) is 6.40. The zero-order valence-electron chi connectivity index (χ0n) is 11.4. The number of ether oxygens (including phenoxy) is 2. The first-order valence-corrected chi connectivity index (χ1v) is 6.52. The second kappa shape index (κ2) is 7.81. The van der Waals surface area contributed by atoms with Crippen molar-refractivity contribution in [1.82, 2.24) is 0 Å². The van der Waals surface area contributed by atoms with Crippen LogP contribution in [0.25, 0.3) is 0 Å². The van der Waals surface area contributed by atoms with E-state index in [4.69, 9.17) is 21.3 Å². The summed E-state index contributed by atoms with van der Waals surface area (Å²) in [5.41, 5.74) is 10.9. The van der Waals surface area contributed by atoms with E-state index in [1.165, 1.54) is 0 Å². The minimum absolute atomic E-state index is 0.399. The normalized spacial score (nSPS) is 21.1. The van der Waals surface area contributed by atoms with Gasteiger partial charge in [-0.1, -0.05) is 6.42 Å². The van der Waals surface area contributed by atoms with Gasteiger partial charge in [-0.15, -0.1) is 0 Å². The molecule has 0 spiro atoms. The maximum Gasteiger partial charge on any atom is 0.377 e. The van der Waals surface area contributed by atoms with Crippen LogP contribution in [0.15, 0.2) is 11.5 Å². The number of nitrogens with two attached hydrogens (primary N) is 2. The number of unbranched alkanes of at least 4 members (excludes halogenated alkanes) is 1. The fourth-order valence-electron chi connectivity index (χ4n) is 1.72. The van der Waals surface area contributed by atoms with Crippen LogP contribution < -0.4 is 11.5 Å². The number of cyclic esters (lactones) is 1. The third-order valence-corrected chi connectivity index (χ3v) is 2.96. The monoisotopic (exact) mass is 304 g/mol. The highest BCUT2D eigenvalue weighted by Gasteiger charge is 2.39. The summed E-state index contributed by atoms with van der Waals surface area (Å²) in [6.45, 7) is -0.0264. The van der Waals surface area contributed by atoms with Gasteiger partial charge in [0.2, 0.25) is 5.76 Å². The van der Waals surface area contributed by atoms with E-state index < -0.39 is 48.3 Å². The molecule has 1 rings (SSSR count). The topological polar surface area (TPSA) is 165 Å². The average Bonchev–Trinajstić information content (AvgIpc) is 2.72. The van der Waals surface area contributed by atoms with E-state index in [2.05, 4.69) is 4.74 Å². The first kappa shape index (κ1) is 17.2. The van der Waals surface area contributed by atoms with E-state index in [1.807, 2.05) is 0 Å². The summed E-state index contributed by atoms with van der Waals surface area (Å²) in [7, 11) is 0. The Morgan fingerprint density at radius 1 is 1.38 bits per heavy atom. The van der Waals surface area contributed by atoms with Gasteiger partial charge in [-0.05, 0) is 19.4 Å². The Morgan fingerprint density at radius 2 is 2.05 bits per heavy atom. The van der Waals surface area contributed by atoms with E-state index in [0.29, 0.717) is 19.4 Å². The van der Waals surface area contributed by atoms with E-state index >= 15 is 0 Å². The largest absolute Gasteiger partial charge is 0.505 e. The predicted molar refractivity (Wildman–Crippen MR) is 70.0 cm³/mol. The molecule has 3 atom stereocenters. The lowest BCUT2D eigenvalue weighted by Gasteiger charge is -2.18. The highest BCUT2D eigenvalue weighted by molar-refractivity contribution is 5.89. The summed E-state index contributed by atoms with van der Waals surface area (Å²) in [6, 6.07) is -0.840. The molecule has 0 saturated carbocycles. The van der Waals surface area contributed by atoms with Crippen molar-refractivity contribution >= 4 is 11.9 Å². The Hall–Kier alpha value is -1.84. The lowest BCUT2D eigenvalue weighted by atomic mass is 10.1. The molecule has 0 bridgehead atoms. The summed E-state index contributed by atoms with van der Waals surface area (Å²) in [5, 5.41) is 28.1. The molecule has 0 aromatic rings. The molecule has 9 heteroatoms. The third-order valence-electron chi connectivity index (χ3n) is 2.96. The summed E-state index contributed by atoms with van der Waals surface area (Å²) in [5.74, 6) is -3.64. The summed E-state index contributed by atoms with van der Waals surface area (Å²) in [4.78, 5) is 22.5. The fraction of sp³-hybridized carbons (Fsp3) is 0.667. The number of hydrogen-bond acceptors (Lipinski definition) is 9. The molecule has 0 saturated heterocycles. The first-order valence-electron chi connectivity index (χ1n) is 6.52. The van der Waals surface area contributed by atoms with Crippen LogP contribution in [0.4, 0.5) is 0 Å². The molecule has 1 aliphatic rings. The number of carbonyl (C=O) groups excluding carboxylic acids is 2. The first-order chi connectivity index (χ1) is 9.88. The van der Waals surface area contributed by atoms with Crippen LogP contribution in [0, 0.1) is 0 Å². The van der Waals surface area contributed by atoms with Gasteiger partial charge in [0, 0.05) is 0 Å². The third kappa shape index (κ3) is 4.59. The van der Waals surface area contributed by atoms with E-state index in [1.54, 1.807) is 0 Å². The van der Waals surface area contributed by atoms with Crippen LogP contribution in [0.5, 0.6) is 0 Å². The number of hydrogen-bond donors (Lipinski definition) is 5. The maximum atomic E-state index is 11.5. The molecule has 1 unspecified atom stereocenters. The van der Waals surface area contributed by atoms with Crippen molar-refractivity contribution in [1.29, 1.82) is 0 Å². The maximum absolute atomic E-state index is 11.5. The number of aliphatic hydroxyl groups is 3. The minimum Gasteiger partial charge on any atom is -0.505 e.